The number of amides is 2. The summed E-state index contributed by atoms with van der Waals surface area (Å²) < 4.78 is 15.5. The van der Waals surface area contributed by atoms with E-state index in [1.54, 1.807) is 46.4 Å². The van der Waals surface area contributed by atoms with Gasteiger partial charge in [-0.3, -0.25) is 4.79 Å². The average Bonchev–Trinajstić information content (AvgIpc) is 2.48. The second-order valence-corrected chi connectivity index (χ2v) is 8.49. The van der Waals surface area contributed by atoms with Crippen LogP contribution in [-0.4, -0.2) is 61.0 Å². The lowest BCUT2D eigenvalue weighted by Gasteiger charge is -2.37. The zero-order valence-corrected chi connectivity index (χ0v) is 16.9. The largest absolute Gasteiger partial charge is 0.469 e. The standard InChI is InChI=1S/C18H32N2O6/c1-17(2,3)25-15(22)19-10-12-11-20(16(23)26-18(4,5)6)9-8-13(12)14(21)24-7/h12-13H,8-11H2,1-7H3,(H,19,22)/t12-,13-/m1/s1. The Morgan fingerprint density at radius 1 is 1.04 bits per heavy atom. The molecule has 2 amide bonds. The Kier molecular flexibility index (Phi) is 7.29. The van der Waals surface area contributed by atoms with Crippen molar-refractivity contribution in [2.45, 2.75) is 59.2 Å². The van der Waals surface area contributed by atoms with Gasteiger partial charge >= 0.3 is 18.2 Å². The number of hydrogen-bond donors (Lipinski definition) is 1. The molecule has 2 atom stereocenters. The van der Waals surface area contributed by atoms with Crippen molar-refractivity contribution in [1.29, 1.82) is 0 Å². The van der Waals surface area contributed by atoms with Crippen LogP contribution < -0.4 is 5.32 Å². The first-order valence-corrected chi connectivity index (χ1v) is 8.85. The number of carbonyl (C=O) groups excluding carboxylic acids is 3. The molecule has 1 fully saturated rings. The van der Waals surface area contributed by atoms with Crippen LogP contribution >= 0.6 is 0 Å². The van der Waals surface area contributed by atoms with Crippen molar-refractivity contribution in [3.8, 4) is 0 Å². The van der Waals surface area contributed by atoms with Crippen molar-refractivity contribution in [2.75, 3.05) is 26.7 Å². The van der Waals surface area contributed by atoms with Gasteiger partial charge in [0.2, 0.25) is 0 Å². The topological polar surface area (TPSA) is 94.2 Å². The molecule has 0 bridgehead atoms. The normalized spacial score (nSPS) is 21.0. The van der Waals surface area contributed by atoms with E-state index in [4.69, 9.17) is 14.2 Å². The van der Waals surface area contributed by atoms with Gasteiger partial charge < -0.3 is 24.4 Å². The number of nitrogens with zero attached hydrogens (tertiary/aromatic N) is 1. The second-order valence-electron chi connectivity index (χ2n) is 8.49. The highest BCUT2D eigenvalue weighted by atomic mass is 16.6. The molecular weight excluding hydrogens is 340 g/mol. The van der Waals surface area contributed by atoms with E-state index in [0.717, 1.165) is 0 Å². The van der Waals surface area contributed by atoms with Crippen molar-refractivity contribution in [2.24, 2.45) is 11.8 Å². The van der Waals surface area contributed by atoms with Crippen LogP contribution in [0.3, 0.4) is 0 Å². The molecular formula is C18H32N2O6. The van der Waals surface area contributed by atoms with E-state index in [9.17, 15) is 14.4 Å². The molecule has 0 aromatic carbocycles. The molecule has 0 aromatic heterocycles. The molecule has 150 valence electrons. The lowest BCUT2D eigenvalue weighted by Crippen LogP contribution is -2.51. The first kappa shape index (κ1) is 22.1. The van der Waals surface area contributed by atoms with Gasteiger partial charge in [-0.1, -0.05) is 0 Å². The van der Waals surface area contributed by atoms with E-state index in [2.05, 4.69) is 5.32 Å². The van der Waals surface area contributed by atoms with Gasteiger partial charge in [0.15, 0.2) is 0 Å². The molecule has 0 unspecified atom stereocenters. The number of methoxy groups -OCH3 is 1. The summed E-state index contributed by atoms with van der Waals surface area (Å²) in [5, 5.41) is 2.68. The van der Waals surface area contributed by atoms with Gasteiger partial charge in [0.25, 0.3) is 0 Å². The smallest absolute Gasteiger partial charge is 0.410 e. The predicted molar refractivity (Wildman–Crippen MR) is 95.7 cm³/mol. The van der Waals surface area contributed by atoms with Gasteiger partial charge in [-0.15, -0.1) is 0 Å². The molecule has 0 aromatic rings. The molecule has 0 saturated carbocycles. The third-order valence-electron chi connectivity index (χ3n) is 3.80. The molecule has 1 N–H and O–H groups in total. The second kappa shape index (κ2) is 8.60. The molecule has 0 radical (unpaired) electrons. The molecule has 1 heterocycles. The highest BCUT2D eigenvalue weighted by Crippen LogP contribution is 2.26. The van der Waals surface area contributed by atoms with E-state index in [-0.39, 0.29) is 18.4 Å². The summed E-state index contributed by atoms with van der Waals surface area (Å²) in [6.07, 6.45) is -0.536. The van der Waals surface area contributed by atoms with Gasteiger partial charge in [0, 0.05) is 25.6 Å². The Labute approximate surface area is 155 Å². The van der Waals surface area contributed by atoms with Crippen molar-refractivity contribution in [1.82, 2.24) is 10.2 Å². The highest BCUT2D eigenvalue weighted by molar-refractivity contribution is 5.74. The van der Waals surface area contributed by atoms with E-state index in [1.165, 1.54) is 7.11 Å². The van der Waals surface area contributed by atoms with E-state index in [1.807, 2.05) is 0 Å². The monoisotopic (exact) mass is 372 g/mol. The maximum Gasteiger partial charge on any atom is 0.410 e. The van der Waals surface area contributed by atoms with E-state index >= 15 is 0 Å². The number of piperidine rings is 1. The number of ether oxygens (including phenoxy) is 3. The van der Waals surface area contributed by atoms with Crippen molar-refractivity contribution in [3.63, 3.8) is 0 Å². The Morgan fingerprint density at radius 3 is 2.12 bits per heavy atom. The van der Waals surface area contributed by atoms with Gasteiger partial charge in [0.1, 0.15) is 11.2 Å². The summed E-state index contributed by atoms with van der Waals surface area (Å²) in [6.45, 7) is 11.6. The Morgan fingerprint density at radius 2 is 1.62 bits per heavy atom. The zero-order chi connectivity index (χ0) is 20.1. The quantitative estimate of drug-likeness (QED) is 0.604. The van der Waals surface area contributed by atoms with Crippen LogP contribution in [-0.2, 0) is 19.0 Å². The summed E-state index contributed by atoms with van der Waals surface area (Å²) in [7, 11) is 1.33. The summed E-state index contributed by atoms with van der Waals surface area (Å²) in [6, 6.07) is 0. The molecule has 1 aliphatic heterocycles. The Bertz CT molecular complexity index is 521. The minimum absolute atomic E-state index is 0.202. The lowest BCUT2D eigenvalue weighted by atomic mass is 9.85. The average molecular weight is 372 g/mol. The maximum absolute atomic E-state index is 12.3. The van der Waals surface area contributed by atoms with Crippen LogP contribution in [0.4, 0.5) is 9.59 Å². The molecule has 1 rings (SSSR count). The van der Waals surface area contributed by atoms with Gasteiger partial charge in [-0.25, -0.2) is 9.59 Å². The van der Waals surface area contributed by atoms with Crippen LogP contribution in [0.2, 0.25) is 0 Å². The summed E-state index contributed by atoms with van der Waals surface area (Å²) in [4.78, 5) is 37.8. The molecule has 0 aliphatic carbocycles. The predicted octanol–water partition coefficient (Wildman–Crippen LogP) is 2.56. The van der Waals surface area contributed by atoms with E-state index in [0.29, 0.717) is 19.5 Å². The number of likely N-dealkylation sites (tertiary alicyclic amines) is 1. The molecule has 26 heavy (non-hydrogen) atoms. The number of esters is 1. The maximum atomic E-state index is 12.3. The van der Waals surface area contributed by atoms with Gasteiger partial charge in [-0.05, 0) is 48.0 Å². The molecule has 8 nitrogen and oxygen atoms in total. The van der Waals surface area contributed by atoms with Crippen LogP contribution in [0.5, 0.6) is 0 Å². The van der Waals surface area contributed by atoms with Crippen LogP contribution in [0, 0.1) is 11.8 Å². The van der Waals surface area contributed by atoms with Crippen LogP contribution in [0.1, 0.15) is 48.0 Å². The Balaban J connectivity index is 2.75. The number of carbonyl (C=O) groups is 3. The van der Waals surface area contributed by atoms with E-state index < -0.39 is 29.3 Å². The number of nitrogens with one attached hydrogen (secondary N) is 1. The first-order valence-electron chi connectivity index (χ1n) is 8.85. The van der Waals surface area contributed by atoms with Crippen molar-refractivity contribution in [3.05, 3.63) is 0 Å². The van der Waals surface area contributed by atoms with Crippen molar-refractivity contribution >= 4 is 18.2 Å². The molecule has 8 heteroatoms. The summed E-state index contributed by atoms with van der Waals surface area (Å²) in [5.74, 6) is -1.02. The fourth-order valence-electron chi connectivity index (χ4n) is 2.72. The van der Waals surface area contributed by atoms with Crippen molar-refractivity contribution < 1.29 is 28.6 Å². The molecule has 1 aliphatic rings. The lowest BCUT2D eigenvalue weighted by molar-refractivity contribution is -0.149. The van der Waals surface area contributed by atoms with Gasteiger partial charge in [-0.2, -0.15) is 0 Å². The number of hydrogen-bond acceptors (Lipinski definition) is 6. The third-order valence-corrected chi connectivity index (χ3v) is 3.80. The van der Waals surface area contributed by atoms with Crippen LogP contribution in [0.15, 0.2) is 0 Å². The Hall–Kier alpha value is -1.99. The first-order chi connectivity index (χ1) is 11.8. The summed E-state index contributed by atoms with van der Waals surface area (Å²) in [5.41, 5.74) is -1.21. The third kappa shape index (κ3) is 7.49. The highest BCUT2D eigenvalue weighted by Gasteiger charge is 2.38. The zero-order valence-electron chi connectivity index (χ0n) is 16.9. The SMILES string of the molecule is COC(=O)[C@@H]1CCN(C(=O)OC(C)(C)C)C[C@H]1CNC(=O)OC(C)(C)C. The number of alkyl carbamates (subject to hydrolysis) is 1. The molecule has 0 spiro atoms. The molecule has 1 saturated heterocycles. The minimum Gasteiger partial charge on any atom is -0.469 e. The van der Waals surface area contributed by atoms with Crippen LogP contribution in [0.25, 0.3) is 0 Å². The van der Waals surface area contributed by atoms with Gasteiger partial charge in [0.05, 0.1) is 13.0 Å². The fourth-order valence-corrected chi connectivity index (χ4v) is 2.72. The summed E-state index contributed by atoms with van der Waals surface area (Å²) >= 11 is 0. The number of rotatable bonds is 3. The minimum atomic E-state index is -0.610. The fraction of sp³-hybridized carbons (Fsp3) is 0.833.